The fourth-order valence-corrected chi connectivity index (χ4v) is 1.29. The van der Waals surface area contributed by atoms with Gasteiger partial charge >= 0.3 is 0 Å². The molecule has 1 rings (SSSR count). The summed E-state index contributed by atoms with van der Waals surface area (Å²) in [5, 5.41) is 6.38. The fraction of sp³-hybridized carbons (Fsp3) is 0.200. The Morgan fingerprint density at radius 1 is 1.10 bits per heavy atom. The van der Waals surface area contributed by atoms with E-state index in [9.17, 15) is 27.2 Å². The lowest BCUT2D eigenvalue weighted by Gasteiger charge is -2.10. The quantitative estimate of drug-likeness (QED) is 0.222. The molecule has 112 valence electrons. The van der Waals surface area contributed by atoms with Gasteiger partial charge in [-0.15, -0.1) is 0 Å². The zero-order valence-corrected chi connectivity index (χ0v) is 10.4. The third kappa shape index (κ3) is 3.39. The van der Waals surface area contributed by atoms with E-state index in [0.29, 0.717) is 0 Å². The molecule has 0 aliphatic rings. The molecule has 0 unspecified atom stereocenters. The molecule has 7 nitrogen and oxygen atoms in total. The molecular formula is C10H7F4N5O2. The molecule has 0 bridgehead atoms. The van der Waals surface area contributed by atoms with Crippen molar-refractivity contribution in [2.45, 2.75) is 6.92 Å². The van der Waals surface area contributed by atoms with Crippen LogP contribution in [0.3, 0.4) is 0 Å². The van der Waals surface area contributed by atoms with Crippen LogP contribution < -0.4 is 10.6 Å². The molecule has 0 aromatic heterocycles. The van der Waals surface area contributed by atoms with E-state index in [1.165, 1.54) is 0 Å². The lowest BCUT2D eigenvalue weighted by Crippen LogP contribution is -2.37. The van der Waals surface area contributed by atoms with E-state index in [1.54, 1.807) is 0 Å². The van der Waals surface area contributed by atoms with Gasteiger partial charge in [-0.05, 0) is 5.53 Å². The second-order valence-corrected chi connectivity index (χ2v) is 3.58. The highest BCUT2D eigenvalue weighted by molar-refractivity contribution is 5.95. The first-order chi connectivity index (χ1) is 9.81. The van der Waals surface area contributed by atoms with Gasteiger partial charge in [-0.3, -0.25) is 9.59 Å². The van der Waals surface area contributed by atoms with E-state index >= 15 is 0 Å². The van der Waals surface area contributed by atoms with E-state index in [4.69, 9.17) is 5.53 Å². The van der Waals surface area contributed by atoms with Gasteiger partial charge in [0, 0.05) is 11.8 Å². The van der Waals surface area contributed by atoms with E-state index in [0.717, 1.165) is 6.92 Å². The van der Waals surface area contributed by atoms with Gasteiger partial charge in [0.2, 0.25) is 5.91 Å². The van der Waals surface area contributed by atoms with Gasteiger partial charge < -0.3 is 10.6 Å². The van der Waals surface area contributed by atoms with Crippen LogP contribution in [-0.2, 0) is 4.79 Å². The molecule has 2 N–H and O–H groups in total. The third-order valence-corrected chi connectivity index (χ3v) is 2.20. The largest absolute Gasteiger partial charge is 0.339 e. The SMILES string of the molecule is CC(=O)NCNC(=O)c1c(F)c(F)c(N=[N+]=[N-])c(F)c1F. The number of hydrogen-bond acceptors (Lipinski definition) is 3. The van der Waals surface area contributed by atoms with Crippen molar-refractivity contribution in [3.63, 3.8) is 0 Å². The molecule has 0 saturated carbocycles. The summed E-state index contributed by atoms with van der Waals surface area (Å²) >= 11 is 0. The van der Waals surface area contributed by atoms with Gasteiger partial charge in [0.25, 0.3) is 5.91 Å². The van der Waals surface area contributed by atoms with Gasteiger partial charge in [0.1, 0.15) is 11.3 Å². The molecule has 11 heteroatoms. The van der Waals surface area contributed by atoms with Crippen LogP contribution in [0.4, 0.5) is 23.2 Å². The summed E-state index contributed by atoms with van der Waals surface area (Å²) in [6.07, 6.45) is 0. The van der Waals surface area contributed by atoms with Gasteiger partial charge in [-0.2, -0.15) is 0 Å². The monoisotopic (exact) mass is 305 g/mol. The first-order valence-corrected chi connectivity index (χ1v) is 5.24. The van der Waals surface area contributed by atoms with Crippen LogP contribution in [0.15, 0.2) is 5.11 Å². The van der Waals surface area contributed by atoms with Crippen molar-refractivity contribution < 1.29 is 27.2 Å². The minimum Gasteiger partial charge on any atom is -0.339 e. The number of halogens is 4. The predicted octanol–water partition coefficient (Wildman–Crippen LogP) is 2.01. The Morgan fingerprint density at radius 3 is 2.05 bits per heavy atom. The molecule has 0 aliphatic heterocycles. The number of carbonyl (C=O) groups is 2. The van der Waals surface area contributed by atoms with E-state index in [-0.39, 0.29) is 0 Å². The summed E-state index contributed by atoms with van der Waals surface area (Å²) < 4.78 is 53.9. The van der Waals surface area contributed by atoms with Gasteiger partial charge in [-0.1, -0.05) is 5.11 Å². The van der Waals surface area contributed by atoms with E-state index in [2.05, 4.69) is 10.4 Å². The maximum atomic E-state index is 13.5. The first kappa shape index (κ1) is 16.2. The molecule has 1 aromatic rings. The van der Waals surface area contributed by atoms with Crippen molar-refractivity contribution in [2.75, 3.05) is 6.67 Å². The summed E-state index contributed by atoms with van der Waals surface area (Å²) in [7, 11) is 0. The summed E-state index contributed by atoms with van der Waals surface area (Å²) in [5.41, 5.74) is 5.00. The highest BCUT2D eigenvalue weighted by Crippen LogP contribution is 2.30. The van der Waals surface area contributed by atoms with Crippen molar-refractivity contribution in [2.24, 2.45) is 5.11 Å². The average molecular weight is 305 g/mol. The van der Waals surface area contributed by atoms with Crippen LogP contribution in [0.1, 0.15) is 17.3 Å². The third-order valence-electron chi connectivity index (χ3n) is 2.20. The summed E-state index contributed by atoms with van der Waals surface area (Å²) in [5.74, 6) is -10.1. The summed E-state index contributed by atoms with van der Waals surface area (Å²) in [6, 6.07) is 0. The Hall–Kier alpha value is -2.81. The van der Waals surface area contributed by atoms with Crippen LogP contribution >= 0.6 is 0 Å². The van der Waals surface area contributed by atoms with Gasteiger partial charge in [0.05, 0.1) is 6.67 Å². The zero-order valence-electron chi connectivity index (χ0n) is 10.4. The maximum absolute atomic E-state index is 13.5. The molecule has 0 atom stereocenters. The van der Waals surface area contributed by atoms with Crippen molar-refractivity contribution in [1.82, 2.24) is 10.6 Å². The lowest BCUT2D eigenvalue weighted by molar-refractivity contribution is -0.118. The van der Waals surface area contributed by atoms with Gasteiger partial charge in [0.15, 0.2) is 23.3 Å². The molecule has 2 amide bonds. The number of carbonyl (C=O) groups excluding carboxylic acids is 2. The maximum Gasteiger partial charge on any atom is 0.258 e. The Bertz CT molecular complexity index is 628. The average Bonchev–Trinajstić information content (AvgIpc) is 2.41. The highest BCUT2D eigenvalue weighted by atomic mass is 19.2. The van der Waals surface area contributed by atoms with Crippen molar-refractivity contribution >= 4 is 17.5 Å². The van der Waals surface area contributed by atoms with Crippen molar-refractivity contribution in [1.29, 1.82) is 0 Å². The molecule has 0 aliphatic carbocycles. The summed E-state index contributed by atoms with van der Waals surface area (Å²) in [4.78, 5) is 24.0. The minimum absolute atomic E-state index is 0.506. The predicted molar refractivity (Wildman–Crippen MR) is 61.2 cm³/mol. The Balaban J connectivity index is 3.22. The Kier molecular flexibility index (Phi) is 5.08. The first-order valence-electron chi connectivity index (χ1n) is 5.24. The second-order valence-electron chi connectivity index (χ2n) is 3.58. The fourth-order valence-electron chi connectivity index (χ4n) is 1.29. The molecule has 21 heavy (non-hydrogen) atoms. The molecule has 0 fully saturated rings. The number of rotatable bonds is 4. The van der Waals surface area contributed by atoms with E-state index < -0.39 is 53.0 Å². The van der Waals surface area contributed by atoms with Gasteiger partial charge in [-0.25, -0.2) is 17.6 Å². The lowest BCUT2D eigenvalue weighted by atomic mass is 10.1. The van der Waals surface area contributed by atoms with Crippen LogP contribution in [0.5, 0.6) is 0 Å². The topological polar surface area (TPSA) is 107 Å². The van der Waals surface area contributed by atoms with Crippen LogP contribution in [0.2, 0.25) is 0 Å². The standard InChI is InChI=1S/C10H7F4N5O2/c1-3(20)16-2-17-10(21)4-5(11)7(13)9(18-19-15)8(14)6(4)12/h2H2,1H3,(H,16,20)(H,17,21). The van der Waals surface area contributed by atoms with Crippen LogP contribution in [0.25, 0.3) is 10.4 Å². The molecule has 0 radical (unpaired) electrons. The number of nitrogens with zero attached hydrogens (tertiary/aromatic N) is 3. The smallest absolute Gasteiger partial charge is 0.258 e. The normalized spacial score (nSPS) is 9.76. The Labute approximate surface area is 114 Å². The number of amides is 2. The second kappa shape index (κ2) is 6.57. The van der Waals surface area contributed by atoms with Crippen LogP contribution in [-0.4, -0.2) is 18.5 Å². The molecule has 0 saturated heterocycles. The molecular weight excluding hydrogens is 298 g/mol. The number of azide groups is 1. The minimum atomic E-state index is -2.02. The number of benzene rings is 1. The zero-order chi connectivity index (χ0) is 16.2. The summed E-state index contributed by atoms with van der Waals surface area (Å²) in [6.45, 7) is 0.607. The Morgan fingerprint density at radius 2 is 1.62 bits per heavy atom. The highest BCUT2D eigenvalue weighted by Gasteiger charge is 2.28. The molecule has 1 aromatic carbocycles. The van der Waals surface area contributed by atoms with Crippen molar-refractivity contribution in [3.05, 3.63) is 39.3 Å². The van der Waals surface area contributed by atoms with Crippen molar-refractivity contribution in [3.8, 4) is 0 Å². The van der Waals surface area contributed by atoms with E-state index in [1.807, 2.05) is 10.2 Å². The number of nitrogens with one attached hydrogen (secondary N) is 2. The van der Waals surface area contributed by atoms with Crippen LogP contribution in [0, 0.1) is 23.3 Å². The molecule has 0 heterocycles. The molecule has 0 spiro atoms. The number of hydrogen-bond donors (Lipinski definition) is 2.